The second-order valence-corrected chi connectivity index (χ2v) is 8.60. The van der Waals surface area contributed by atoms with Gasteiger partial charge in [-0.2, -0.15) is 5.10 Å². The Kier molecular flexibility index (Phi) is 4.84. The van der Waals surface area contributed by atoms with E-state index in [9.17, 15) is 4.79 Å². The quantitative estimate of drug-likeness (QED) is 0.470. The summed E-state index contributed by atoms with van der Waals surface area (Å²) in [6.07, 6.45) is 5.63. The van der Waals surface area contributed by atoms with Gasteiger partial charge < -0.3 is 16.0 Å². The molecule has 160 valence electrons. The molecule has 0 radical (unpaired) electrons. The van der Waals surface area contributed by atoms with Gasteiger partial charge in [0, 0.05) is 30.3 Å². The van der Waals surface area contributed by atoms with Gasteiger partial charge in [0.2, 0.25) is 5.91 Å². The van der Waals surface area contributed by atoms with E-state index in [-0.39, 0.29) is 5.91 Å². The fourth-order valence-electron chi connectivity index (χ4n) is 4.78. The topological polar surface area (TPSA) is 114 Å². The number of H-pyrrole nitrogens is 1. The number of nitrogen functional groups attached to an aromatic ring is 1. The first-order valence-electron chi connectivity index (χ1n) is 10.8. The Morgan fingerprint density at radius 3 is 2.84 bits per heavy atom. The molecule has 3 heterocycles. The summed E-state index contributed by atoms with van der Waals surface area (Å²) in [7, 11) is 0. The predicted octanol–water partition coefficient (Wildman–Crippen LogP) is 3.57. The van der Waals surface area contributed by atoms with Gasteiger partial charge in [0.15, 0.2) is 5.82 Å². The van der Waals surface area contributed by atoms with Crippen molar-refractivity contribution in [2.45, 2.75) is 45.4 Å². The number of aryl methyl sites for hydroxylation is 1. The predicted molar refractivity (Wildman–Crippen MR) is 121 cm³/mol. The van der Waals surface area contributed by atoms with Crippen molar-refractivity contribution in [3.63, 3.8) is 0 Å². The number of aromatic nitrogens is 5. The summed E-state index contributed by atoms with van der Waals surface area (Å²) in [6, 6.07) is 8.36. The van der Waals surface area contributed by atoms with E-state index in [1.807, 2.05) is 4.52 Å². The second-order valence-electron chi connectivity index (χ2n) is 8.60. The first-order chi connectivity index (χ1) is 15.0. The highest BCUT2D eigenvalue weighted by molar-refractivity contribution is 5.92. The molecule has 0 atom stereocenters. The number of nitrogens with zero attached hydrogens (tertiary/aromatic N) is 4. The van der Waals surface area contributed by atoms with Gasteiger partial charge in [-0.3, -0.25) is 4.79 Å². The van der Waals surface area contributed by atoms with Gasteiger partial charge >= 0.3 is 0 Å². The number of benzene rings is 1. The van der Waals surface area contributed by atoms with Crippen molar-refractivity contribution >= 4 is 28.1 Å². The molecular formula is C23H27N7O. The molecule has 0 saturated heterocycles. The zero-order chi connectivity index (χ0) is 21.5. The highest BCUT2D eigenvalue weighted by Gasteiger charge is 2.28. The van der Waals surface area contributed by atoms with Crippen LogP contribution in [-0.2, 0) is 4.79 Å². The molecule has 0 bridgehead atoms. The van der Waals surface area contributed by atoms with E-state index in [0.29, 0.717) is 17.7 Å². The third-order valence-electron chi connectivity index (χ3n) is 6.46. The SMILES string of the molecule is CC(=O)NCC1CCC(c2nc(-c3cc4cccc(C)c4[nH]3)c3c(N)ncnn23)CC1. The van der Waals surface area contributed by atoms with E-state index in [1.54, 1.807) is 6.92 Å². The van der Waals surface area contributed by atoms with Crippen LogP contribution in [0, 0.1) is 12.8 Å². The van der Waals surface area contributed by atoms with Crippen LogP contribution in [0.2, 0.25) is 0 Å². The molecule has 31 heavy (non-hydrogen) atoms. The van der Waals surface area contributed by atoms with Crippen molar-refractivity contribution < 1.29 is 4.79 Å². The molecular weight excluding hydrogens is 390 g/mol. The first-order valence-corrected chi connectivity index (χ1v) is 10.8. The lowest BCUT2D eigenvalue weighted by atomic mass is 9.81. The Balaban J connectivity index is 1.51. The molecule has 0 spiro atoms. The summed E-state index contributed by atoms with van der Waals surface area (Å²) < 4.78 is 1.87. The molecule has 4 N–H and O–H groups in total. The average Bonchev–Trinajstić information content (AvgIpc) is 3.36. The molecule has 1 aromatic carbocycles. The molecule has 3 aromatic heterocycles. The van der Waals surface area contributed by atoms with E-state index >= 15 is 0 Å². The molecule has 0 aliphatic heterocycles. The summed E-state index contributed by atoms with van der Waals surface area (Å²) in [5.41, 5.74) is 11.1. The molecule has 8 nitrogen and oxygen atoms in total. The highest BCUT2D eigenvalue weighted by atomic mass is 16.1. The molecule has 0 unspecified atom stereocenters. The lowest BCUT2D eigenvalue weighted by molar-refractivity contribution is -0.119. The lowest BCUT2D eigenvalue weighted by Crippen LogP contribution is -2.29. The molecule has 1 aliphatic rings. The molecule has 8 heteroatoms. The zero-order valence-corrected chi connectivity index (χ0v) is 17.9. The minimum Gasteiger partial charge on any atom is -0.382 e. The van der Waals surface area contributed by atoms with Gasteiger partial charge in [-0.15, -0.1) is 0 Å². The summed E-state index contributed by atoms with van der Waals surface area (Å²) in [4.78, 5) is 24.0. The van der Waals surface area contributed by atoms with Crippen LogP contribution in [0.25, 0.3) is 27.8 Å². The third kappa shape index (κ3) is 3.52. The van der Waals surface area contributed by atoms with E-state index in [4.69, 9.17) is 10.7 Å². The van der Waals surface area contributed by atoms with Gasteiger partial charge in [0.1, 0.15) is 23.4 Å². The summed E-state index contributed by atoms with van der Waals surface area (Å²) >= 11 is 0. The molecule has 4 aromatic rings. The van der Waals surface area contributed by atoms with Crippen molar-refractivity contribution in [3.8, 4) is 11.4 Å². The molecule has 5 rings (SSSR count). The van der Waals surface area contributed by atoms with Crippen LogP contribution in [-0.4, -0.2) is 37.0 Å². The van der Waals surface area contributed by atoms with Crippen LogP contribution in [0.4, 0.5) is 5.82 Å². The number of nitrogens with two attached hydrogens (primary N) is 1. The fourth-order valence-corrected chi connectivity index (χ4v) is 4.78. The smallest absolute Gasteiger partial charge is 0.216 e. The molecule has 1 aliphatic carbocycles. The number of imidazole rings is 1. The van der Waals surface area contributed by atoms with Gasteiger partial charge in [-0.05, 0) is 50.2 Å². The standard InChI is InChI=1S/C23H27N7O/c1-13-4-3-5-17-10-18(28-19(13)17)20-21-22(24)26-12-27-30(21)23(29-20)16-8-6-15(7-9-16)11-25-14(2)31/h3-5,10,12,15-16,28H,6-9,11H2,1-2H3,(H,25,31)(H2,24,26,27). The number of amides is 1. The van der Waals surface area contributed by atoms with Crippen LogP contribution < -0.4 is 11.1 Å². The Morgan fingerprint density at radius 2 is 2.10 bits per heavy atom. The van der Waals surface area contributed by atoms with Crippen molar-refractivity contribution in [2.24, 2.45) is 5.92 Å². The summed E-state index contributed by atoms with van der Waals surface area (Å²) in [6.45, 7) is 4.41. The van der Waals surface area contributed by atoms with E-state index in [0.717, 1.165) is 65.9 Å². The van der Waals surface area contributed by atoms with Gasteiger partial charge in [0.25, 0.3) is 0 Å². The zero-order valence-electron chi connectivity index (χ0n) is 17.9. The molecule has 1 saturated carbocycles. The summed E-state index contributed by atoms with van der Waals surface area (Å²) in [5.74, 6) is 2.22. The van der Waals surface area contributed by atoms with Crippen LogP contribution in [0.1, 0.15) is 49.9 Å². The number of fused-ring (bicyclic) bond motifs is 2. The van der Waals surface area contributed by atoms with Crippen LogP contribution in [0.3, 0.4) is 0 Å². The number of rotatable bonds is 4. The van der Waals surface area contributed by atoms with Crippen molar-refractivity contribution in [1.29, 1.82) is 0 Å². The fraction of sp³-hybridized carbons (Fsp3) is 0.391. The normalized spacial score (nSPS) is 19.2. The Bertz CT molecular complexity index is 1260. The van der Waals surface area contributed by atoms with E-state index < -0.39 is 0 Å². The lowest BCUT2D eigenvalue weighted by Gasteiger charge is -2.27. The van der Waals surface area contributed by atoms with Gasteiger partial charge in [-0.25, -0.2) is 14.5 Å². The minimum absolute atomic E-state index is 0.0340. The maximum Gasteiger partial charge on any atom is 0.216 e. The third-order valence-corrected chi connectivity index (χ3v) is 6.46. The number of anilines is 1. The molecule has 1 fully saturated rings. The van der Waals surface area contributed by atoms with Gasteiger partial charge in [0.05, 0.1) is 5.69 Å². The second kappa shape index (κ2) is 7.68. The Labute approximate surface area is 180 Å². The van der Waals surface area contributed by atoms with Crippen LogP contribution in [0.5, 0.6) is 0 Å². The number of nitrogens with one attached hydrogen (secondary N) is 2. The number of carbonyl (C=O) groups excluding carboxylic acids is 1. The van der Waals surface area contributed by atoms with Crippen molar-refractivity contribution in [1.82, 2.24) is 29.9 Å². The molecule has 1 amide bonds. The monoisotopic (exact) mass is 417 g/mol. The van der Waals surface area contributed by atoms with Gasteiger partial charge in [-0.1, -0.05) is 18.2 Å². The van der Waals surface area contributed by atoms with E-state index in [2.05, 4.69) is 51.6 Å². The van der Waals surface area contributed by atoms with Crippen molar-refractivity contribution in [3.05, 3.63) is 42.0 Å². The highest BCUT2D eigenvalue weighted by Crippen LogP contribution is 2.38. The maximum absolute atomic E-state index is 11.2. The number of para-hydroxylation sites is 1. The number of aromatic amines is 1. The summed E-state index contributed by atoms with van der Waals surface area (Å²) in [5, 5.41) is 8.60. The number of carbonyl (C=O) groups is 1. The number of hydrogen-bond acceptors (Lipinski definition) is 5. The number of hydrogen-bond donors (Lipinski definition) is 3. The van der Waals surface area contributed by atoms with Crippen LogP contribution in [0.15, 0.2) is 30.6 Å². The Hall–Kier alpha value is -3.42. The average molecular weight is 418 g/mol. The largest absolute Gasteiger partial charge is 0.382 e. The van der Waals surface area contributed by atoms with E-state index in [1.165, 1.54) is 11.9 Å². The van der Waals surface area contributed by atoms with Crippen LogP contribution >= 0.6 is 0 Å². The minimum atomic E-state index is 0.0340. The Morgan fingerprint density at radius 1 is 1.29 bits per heavy atom. The maximum atomic E-state index is 11.2. The van der Waals surface area contributed by atoms with Crippen molar-refractivity contribution in [2.75, 3.05) is 12.3 Å². The first kappa shape index (κ1) is 19.5.